The minimum atomic E-state index is -4.15. The molecule has 19 heavy (non-hydrogen) atoms. The summed E-state index contributed by atoms with van der Waals surface area (Å²) in [7, 11) is -4.15. The number of nitrogen functional groups attached to an aromatic ring is 1. The highest BCUT2D eigenvalue weighted by molar-refractivity contribution is 7.89. The fraction of sp³-hybridized carbons (Fsp3) is 0.400. The number of aliphatic hydroxyl groups is 1. The first-order valence-corrected chi connectivity index (χ1v) is 6.82. The molecule has 9 heteroatoms. The molecule has 0 saturated carbocycles. The molecular weight excluding hydrogens is 280 g/mol. The minimum absolute atomic E-state index is 0.0970. The van der Waals surface area contributed by atoms with E-state index >= 15 is 0 Å². The van der Waals surface area contributed by atoms with Crippen molar-refractivity contribution >= 4 is 15.7 Å². The van der Waals surface area contributed by atoms with E-state index in [9.17, 15) is 17.2 Å². The molecule has 0 radical (unpaired) electrons. The summed E-state index contributed by atoms with van der Waals surface area (Å²) < 4.78 is 49.8. The normalized spacial score (nSPS) is 12.1. The summed E-state index contributed by atoms with van der Waals surface area (Å²) in [6.07, 6.45) is -2.83. The molecule has 0 saturated heterocycles. The predicted octanol–water partition coefficient (Wildman–Crippen LogP) is 0.220. The van der Waals surface area contributed by atoms with Crippen molar-refractivity contribution in [2.24, 2.45) is 5.84 Å². The highest BCUT2D eigenvalue weighted by Crippen LogP contribution is 2.24. The second kappa shape index (κ2) is 6.75. The highest BCUT2D eigenvalue weighted by atomic mass is 32.2. The fourth-order valence-electron chi connectivity index (χ4n) is 1.52. The molecule has 0 aliphatic carbocycles. The van der Waals surface area contributed by atoms with Gasteiger partial charge >= 0.3 is 0 Å². The van der Waals surface area contributed by atoms with Gasteiger partial charge in [-0.25, -0.2) is 17.2 Å². The van der Waals surface area contributed by atoms with Crippen LogP contribution in [0.15, 0.2) is 29.2 Å². The topological polar surface area (TPSA) is 95.7 Å². The van der Waals surface area contributed by atoms with E-state index in [4.69, 9.17) is 10.9 Å². The third kappa shape index (κ3) is 3.83. The zero-order chi connectivity index (χ0) is 14.5. The third-order valence-electron chi connectivity index (χ3n) is 2.35. The van der Waals surface area contributed by atoms with E-state index in [0.29, 0.717) is 4.31 Å². The molecule has 0 spiro atoms. The van der Waals surface area contributed by atoms with Crippen molar-refractivity contribution in [1.29, 1.82) is 0 Å². The number of nitrogens with two attached hydrogens (primary N) is 1. The SMILES string of the molecule is NNc1ccccc1S(=O)(=O)N(CCO)CC(F)F. The van der Waals surface area contributed by atoms with Crippen molar-refractivity contribution in [2.75, 3.05) is 25.1 Å². The number of rotatable bonds is 7. The third-order valence-corrected chi connectivity index (χ3v) is 4.27. The van der Waals surface area contributed by atoms with Gasteiger partial charge in [0.15, 0.2) is 0 Å². The Bertz CT molecular complexity index is 510. The van der Waals surface area contributed by atoms with Crippen LogP contribution in [0, 0.1) is 0 Å². The standard InChI is InChI=1S/C10H15F2N3O3S/c11-10(12)7-15(5-6-16)19(17,18)9-4-2-1-3-8(9)14-13/h1-4,10,14,16H,5-7,13H2. The first-order valence-electron chi connectivity index (χ1n) is 5.38. The summed E-state index contributed by atoms with van der Waals surface area (Å²) >= 11 is 0. The Morgan fingerprint density at radius 2 is 2.00 bits per heavy atom. The van der Waals surface area contributed by atoms with E-state index in [1.165, 1.54) is 18.2 Å². The summed E-state index contributed by atoms with van der Waals surface area (Å²) in [5.74, 6) is 5.19. The first-order chi connectivity index (χ1) is 8.93. The number of aliphatic hydroxyl groups excluding tert-OH is 1. The molecule has 0 aliphatic rings. The molecule has 1 aromatic rings. The molecule has 108 valence electrons. The van der Waals surface area contributed by atoms with E-state index in [2.05, 4.69) is 5.43 Å². The second-order valence-corrected chi connectivity index (χ2v) is 5.52. The van der Waals surface area contributed by atoms with Gasteiger partial charge < -0.3 is 10.5 Å². The summed E-state index contributed by atoms with van der Waals surface area (Å²) in [5.41, 5.74) is 2.29. The van der Waals surface area contributed by atoms with Gasteiger partial charge in [0.1, 0.15) is 4.90 Å². The molecule has 0 aliphatic heterocycles. The Balaban J connectivity index is 3.18. The van der Waals surface area contributed by atoms with E-state index in [1.807, 2.05) is 0 Å². The fourth-order valence-corrected chi connectivity index (χ4v) is 3.09. The molecular formula is C10H15F2N3O3S. The van der Waals surface area contributed by atoms with Crippen molar-refractivity contribution in [3.63, 3.8) is 0 Å². The lowest BCUT2D eigenvalue weighted by Gasteiger charge is -2.22. The van der Waals surface area contributed by atoms with Crippen molar-refractivity contribution in [2.45, 2.75) is 11.3 Å². The maximum Gasteiger partial charge on any atom is 0.252 e. The average molecular weight is 295 g/mol. The number of para-hydroxylation sites is 1. The number of alkyl halides is 2. The van der Waals surface area contributed by atoms with Crippen LogP contribution in [0.5, 0.6) is 0 Å². The minimum Gasteiger partial charge on any atom is -0.395 e. The number of nitrogens with zero attached hydrogens (tertiary/aromatic N) is 1. The van der Waals surface area contributed by atoms with Gasteiger partial charge in [0.05, 0.1) is 18.8 Å². The molecule has 1 rings (SSSR count). The Kier molecular flexibility index (Phi) is 5.60. The number of hydrazine groups is 1. The van der Waals surface area contributed by atoms with Crippen LogP contribution in [-0.4, -0.2) is 44.0 Å². The van der Waals surface area contributed by atoms with Gasteiger partial charge in [-0.2, -0.15) is 4.31 Å². The molecule has 0 unspecified atom stereocenters. The maximum absolute atomic E-state index is 12.4. The van der Waals surface area contributed by atoms with Gasteiger partial charge in [-0.3, -0.25) is 5.84 Å². The predicted molar refractivity (Wildman–Crippen MR) is 66.1 cm³/mol. The lowest BCUT2D eigenvalue weighted by Crippen LogP contribution is -2.37. The van der Waals surface area contributed by atoms with Crippen molar-refractivity contribution in [3.8, 4) is 0 Å². The van der Waals surface area contributed by atoms with Crippen molar-refractivity contribution < 1.29 is 22.3 Å². The van der Waals surface area contributed by atoms with E-state index in [0.717, 1.165) is 0 Å². The number of hydrogen-bond donors (Lipinski definition) is 3. The molecule has 4 N–H and O–H groups in total. The molecule has 0 fully saturated rings. The molecule has 0 amide bonds. The summed E-state index contributed by atoms with van der Waals surface area (Å²) in [5, 5.41) is 8.79. The van der Waals surface area contributed by atoms with Crippen LogP contribution >= 0.6 is 0 Å². The van der Waals surface area contributed by atoms with Gasteiger partial charge in [-0.05, 0) is 12.1 Å². The van der Waals surface area contributed by atoms with Crippen LogP contribution in [0.4, 0.5) is 14.5 Å². The van der Waals surface area contributed by atoms with Crippen LogP contribution in [0.25, 0.3) is 0 Å². The van der Waals surface area contributed by atoms with Gasteiger partial charge in [-0.15, -0.1) is 0 Å². The molecule has 6 nitrogen and oxygen atoms in total. The molecule has 0 atom stereocenters. The molecule has 1 aromatic carbocycles. The number of sulfonamides is 1. The van der Waals surface area contributed by atoms with Crippen LogP contribution < -0.4 is 11.3 Å². The first kappa shape index (κ1) is 15.8. The lowest BCUT2D eigenvalue weighted by molar-refractivity contribution is 0.113. The average Bonchev–Trinajstić information content (AvgIpc) is 2.37. The lowest BCUT2D eigenvalue weighted by atomic mass is 10.3. The number of benzene rings is 1. The van der Waals surface area contributed by atoms with Crippen LogP contribution in [0.3, 0.4) is 0 Å². The number of hydrogen-bond acceptors (Lipinski definition) is 5. The number of halogens is 2. The van der Waals surface area contributed by atoms with E-state index < -0.39 is 36.1 Å². The molecule has 0 aromatic heterocycles. The largest absolute Gasteiger partial charge is 0.395 e. The quantitative estimate of drug-likeness (QED) is 0.494. The zero-order valence-electron chi connectivity index (χ0n) is 9.96. The molecule has 0 heterocycles. The second-order valence-electron chi connectivity index (χ2n) is 3.62. The molecule has 0 bridgehead atoms. The van der Waals surface area contributed by atoms with Crippen LogP contribution in [-0.2, 0) is 10.0 Å². The van der Waals surface area contributed by atoms with Gasteiger partial charge in [-0.1, -0.05) is 12.1 Å². The van der Waals surface area contributed by atoms with Gasteiger partial charge in [0.2, 0.25) is 10.0 Å². The number of nitrogens with one attached hydrogen (secondary N) is 1. The Labute approximate surface area is 109 Å². The monoisotopic (exact) mass is 295 g/mol. The van der Waals surface area contributed by atoms with Gasteiger partial charge in [0.25, 0.3) is 6.43 Å². The highest BCUT2D eigenvalue weighted by Gasteiger charge is 2.28. The van der Waals surface area contributed by atoms with E-state index in [-0.39, 0.29) is 10.6 Å². The van der Waals surface area contributed by atoms with Crippen molar-refractivity contribution in [1.82, 2.24) is 4.31 Å². The van der Waals surface area contributed by atoms with Crippen molar-refractivity contribution in [3.05, 3.63) is 24.3 Å². The Morgan fingerprint density at radius 1 is 1.37 bits per heavy atom. The van der Waals surface area contributed by atoms with Crippen LogP contribution in [0.1, 0.15) is 0 Å². The zero-order valence-corrected chi connectivity index (χ0v) is 10.8. The van der Waals surface area contributed by atoms with E-state index in [1.54, 1.807) is 6.07 Å². The summed E-state index contributed by atoms with van der Waals surface area (Å²) in [6, 6.07) is 5.66. The van der Waals surface area contributed by atoms with Gasteiger partial charge in [0, 0.05) is 6.54 Å². The summed E-state index contributed by atoms with van der Waals surface area (Å²) in [6.45, 7) is -1.95. The Morgan fingerprint density at radius 3 is 2.53 bits per heavy atom. The number of anilines is 1. The Hall–Kier alpha value is -1.29. The maximum atomic E-state index is 12.4. The van der Waals surface area contributed by atoms with Crippen LogP contribution in [0.2, 0.25) is 0 Å². The summed E-state index contributed by atoms with van der Waals surface area (Å²) in [4.78, 5) is -0.216. The smallest absolute Gasteiger partial charge is 0.252 e.